The maximum Gasteiger partial charge on any atom is 0.318 e. The number of aliphatic hydroxyl groups excluding tert-OH is 1. The summed E-state index contributed by atoms with van der Waals surface area (Å²) in [6.45, 7) is 0.814. The number of methoxy groups -OCH3 is 1. The second kappa shape index (κ2) is 9.86. The number of aliphatic hydroxyl groups is 1. The molecular weight excluding hydrogens is 256 g/mol. The summed E-state index contributed by atoms with van der Waals surface area (Å²) in [6, 6.07) is 7.33. The zero-order valence-corrected chi connectivity index (χ0v) is 11.8. The largest absolute Gasteiger partial charge is 0.497 e. The molecule has 0 radical (unpaired) electrons. The topological polar surface area (TPSA) is 70.6 Å². The van der Waals surface area contributed by atoms with Gasteiger partial charge in [-0.15, -0.1) is 0 Å². The average Bonchev–Trinajstić information content (AvgIpc) is 2.47. The van der Waals surface area contributed by atoms with Crippen molar-refractivity contribution in [1.29, 1.82) is 0 Å². The second-order valence-electron chi connectivity index (χ2n) is 4.29. The van der Waals surface area contributed by atoms with Crippen LogP contribution in [0.5, 0.6) is 5.75 Å². The molecule has 20 heavy (non-hydrogen) atoms. The van der Waals surface area contributed by atoms with Crippen LogP contribution >= 0.6 is 0 Å². The summed E-state index contributed by atoms with van der Waals surface area (Å²) in [5, 5.41) is 14.0. The predicted molar refractivity (Wildman–Crippen MR) is 79.5 cm³/mol. The molecule has 0 atom stereocenters. The van der Waals surface area contributed by atoms with E-state index < -0.39 is 0 Å². The molecule has 3 N–H and O–H groups in total. The number of benzene rings is 1. The van der Waals surface area contributed by atoms with E-state index in [0.717, 1.165) is 30.6 Å². The van der Waals surface area contributed by atoms with Gasteiger partial charge in [-0.05, 0) is 43.0 Å². The minimum Gasteiger partial charge on any atom is -0.497 e. The van der Waals surface area contributed by atoms with Crippen LogP contribution in [0, 0.1) is 0 Å². The molecule has 0 spiro atoms. The van der Waals surface area contributed by atoms with E-state index in [4.69, 9.17) is 9.84 Å². The fraction of sp³-hybridized carbons (Fsp3) is 0.400. The molecule has 0 unspecified atom stereocenters. The monoisotopic (exact) mass is 278 g/mol. The Morgan fingerprint density at radius 2 is 2.20 bits per heavy atom. The molecule has 1 aromatic rings. The number of hydrogen-bond acceptors (Lipinski definition) is 3. The first-order valence-corrected chi connectivity index (χ1v) is 6.72. The van der Waals surface area contributed by atoms with Crippen LogP contribution in [0.4, 0.5) is 4.79 Å². The van der Waals surface area contributed by atoms with Gasteiger partial charge in [-0.25, -0.2) is 4.79 Å². The number of urea groups is 1. The van der Waals surface area contributed by atoms with Gasteiger partial charge < -0.3 is 20.5 Å². The number of ether oxygens (including phenoxy) is 1. The zero-order valence-electron chi connectivity index (χ0n) is 11.8. The maximum atomic E-state index is 11.4. The van der Waals surface area contributed by atoms with Gasteiger partial charge in [0.05, 0.1) is 7.11 Å². The lowest BCUT2D eigenvalue weighted by Gasteiger charge is -2.04. The number of nitrogens with one attached hydrogen (secondary N) is 2. The third-order valence-electron chi connectivity index (χ3n) is 2.70. The van der Waals surface area contributed by atoms with E-state index in [1.807, 2.05) is 24.3 Å². The molecule has 0 fully saturated rings. The standard InChI is InChI=1S/C15H22N2O3/c1-20-14-7-5-6-13(12-14)8-10-17-15(19)16-9-3-2-4-11-18/h5-8,10,12,18H,2-4,9,11H2,1H3,(H2,16,17,19)/b10-8+. The molecule has 110 valence electrons. The van der Waals surface area contributed by atoms with Gasteiger partial charge >= 0.3 is 6.03 Å². The van der Waals surface area contributed by atoms with Crippen LogP contribution in [0.15, 0.2) is 30.5 Å². The van der Waals surface area contributed by atoms with E-state index in [1.165, 1.54) is 0 Å². The summed E-state index contributed by atoms with van der Waals surface area (Å²) in [7, 11) is 1.62. The minimum absolute atomic E-state index is 0.204. The zero-order chi connectivity index (χ0) is 14.6. The number of hydrogen-bond donors (Lipinski definition) is 3. The van der Waals surface area contributed by atoms with Gasteiger partial charge in [0.25, 0.3) is 0 Å². The molecule has 2 amide bonds. The summed E-state index contributed by atoms with van der Waals surface area (Å²) >= 11 is 0. The molecule has 5 heteroatoms. The van der Waals surface area contributed by atoms with Crippen molar-refractivity contribution in [2.45, 2.75) is 19.3 Å². The summed E-state index contributed by atoms with van der Waals surface area (Å²) in [4.78, 5) is 11.4. The van der Waals surface area contributed by atoms with Crippen LogP contribution in [-0.4, -0.2) is 31.4 Å². The van der Waals surface area contributed by atoms with E-state index in [0.29, 0.717) is 6.54 Å². The van der Waals surface area contributed by atoms with Crippen LogP contribution in [-0.2, 0) is 0 Å². The lowest BCUT2D eigenvalue weighted by Crippen LogP contribution is -2.32. The van der Waals surface area contributed by atoms with Crippen LogP contribution < -0.4 is 15.4 Å². The Kier molecular flexibility index (Phi) is 7.91. The molecule has 5 nitrogen and oxygen atoms in total. The lowest BCUT2D eigenvalue weighted by molar-refractivity contribution is 0.243. The first-order chi connectivity index (χ1) is 9.76. The Labute approximate surface area is 119 Å². The highest BCUT2D eigenvalue weighted by Gasteiger charge is 1.96. The van der Waals surface area contributed by atoms with Crippen LogP contribution in [0.3, 0.4) is 0 Å². The molecule has 1 aromatic carbocycles. The molecule has 0 bridgehead atoms. The third-order valence-corrected chi connectivity index (χ3v) is 2.70. The van der Waals surface area contributed by atoms with Crippen molar-refractivity contribution in [3.05, 3.63) is 36.0 Å². The molecule has 0 aliphatic heterocycles. The molecule has 0 aliphatic carbocycles. The first-order valence-electron chi connectivity index (χ1n) is 6.72. The molecule has 1 rings (SSSR count). The van der Waals surface area contributed by atoms with Crippen LogP contribution in [0.25, 0.3) is 6.08 Å². The van der Waals surface area contributed by atoms with Gasteiger partial charge in [-0.1, -0.05) is 12.1 Å². The van der Waals surface area contributed by atoms with Gasteiger partial charge in [-0.3, -0.25) is 0 Å². The highest BCUT2D eigenvalue weighted by atomic mass is 16.5. The normalized spacial score (nSPS) is 10.5. The first kappa shape index (κ1) is 16.0. The minimum atomic E-state index is -0.229. The van der Waals surface area contributed by atoms with Crippen molar-refractivity contribution in [3.8, 4) is 5.75 Å². The van der Waals surface area contributed by atoms with Crippen LogP contribution in [0.1, 0.15) is 24.8 Å². The lowest BCUT2D eigenvalue weighted by atomic mass is 10.2. The van der Waals surface area contributed by atoms with E-state index in [-0.39, 0.29) is 12.6 Å². The van der Waals surface area contributed by atoms with Crippen molar-refractivity contribution in [1.82, 2.24) is 10.6 Å². The number of carbonyl (C=O) groups excluding carboxylic acids is 1. The quantitative estimate of drug-likeness (QED) is 0.638. The second-order valence-corrected chi connectivity index (χ2v) is 4.29. The Hall–Kier alpha value is -2.01. The average molecular weight is 278 g/mol. The predicted octanol–water partition coefficient (Wildman–Crippen LogP) is 2.13. The molecule has 0 saturated carbocycles. The van der Waals surface area contributed by atoms with E-state index in [9.17, 15) is 4.79 Å². The fourth-order valence-electron chi connectivity index (χ4n) is 1.63. The van der Waals surface area contributed by atoms with Crippen molar-refractivity contribution < 1.29 is 14.6 Å². The number of unbranched alkanes of at least 4 members (excludes halogenated alkanes) is 2. The summed E-state index contributed by atoms with van der Waals surface area (Å²) in [5.41, 5.74) is 0.951. The van der Waals surface area contributed by atoms with Crippen molar-refractivity contribution in [2.75, 3.05) is 20.3 Å². The van der Waals surface area contributed by atoms with Crippen molar-refractivity contribution in [3.63, 3.8) is 0 Å². The third kappa shape index (κ3) is 6.80. The highest BCUT2D eigenvalue weighted by molar-refractivity contribution is 5.75. The van der Waals surface area contributed by atoms with Gasteiger partial charge in [0, 0.05) is 19.4 Å². The van der Waals surface area contributed by atoms with Gasteiger partial charge in [0.1, 0.15) is 5.75 Å². The van der Waals surface area contributed by atoms with Gasteiger partial charge in [0.15, 0.2) is 0 Å². The molecule has 0 heterocycles. The smallest absolute Gasteiger partial charge is 0.318 e. The SMILES string of the molecule is COc1cccc(/C=C/NC(=O)NCCCCCO)c1. The number of rotatable bonds is 8. The Morgan fingerprint density at radius 1 is 1.35 bits per heavy atom. The summed E-state index contributed by atoms with van der Waals surface area (Å²) in [6.07, 6.45) is 5.95. The summed E-state index contributed by atoms with van der Waals surface area (Å²) < 4.78 is 5.12. The fourth-order valence-corrected chi connectivity index (χ4v) is 1.63. The van der Waals surface area contributed by atoms with E-state index >= 15 is 0 Å². The molecular formula is C15H22N2O3. The van der Waals surface area contributed by atoms with Gasteiger partial charge in [0.2, 0.25) is 0 Å². The molecule has 0 aromatic heterocycles. The highest BCUT2D eigenvalue weighted by Crippen LogP contribution is 2.13. The number of amides is 2. The molecule has 0 aliphatic rings. The van der Waals surface area contributed by atoms with Crippen molar-refractivity contribution in [2.24, 2.45) is 0 Å². The Bertz CT molecular complexity index is 433. The van der Waals surface area contributed by atoms with Crippen molar-refractivity contribution >= 4 is 12.1 Å². The maximum absolute atomic E-state index is 11.4. The summed E-state index contributed by atoms with van der Waals surface area (Å²) in [5.74, 6) is 0.778. The van der Waals surface area contributed by atoms with E-state index in [2.05, 4.69) is 10.6 Å². The van der Waals surface area contributed by atoms with E-state index in [1.54, 1.807) is 19.4 Å². The van der Waals surface area contributed by atoms with Gasteiger partial charge in [-0.2, -0.15) is 0 Å². The Balaban J connectivity index is 2.24. The van der Waals surface area contributed by atoms with Crippen LogP contribution in [0.2, 0.25) is 0 Å². The number of carbonyl (C=O) groups is 1. The molecule has 0 saturated heterocycles. The Morgan fingerprint density at radius 3 is 2.95 bits per heavy atom.